The van der Waals surface area contributed by atoms with Crippen LogP contribution in [0.2, 0.25) is 0 Å². The third-order valence-corrected chi connectivity index (χ3v) is 1.31. The van der Waals surface area contributed by atoms with E-state index in [1.807, 2.05) is 0 Å². The minimum atomic E-state index is 0.730. The van der Waals surface area contributed by atoms with Gasteiger partial charge in [-0.15, -0.1) is 0 Å². The lowest BCUT2D eigenvalue weighted by molar-refractivity contribution is 0.736. The molecule has 1 unspecified atom stereocenters. The Hall–Kier alpha value is -0.260. The Morgan fingerprint density at radius 3 is 2.57 bits per heavy atom. The fourth-order valence-corrected chi connectivity index (χ4v) is 0.845. The van der Waals surface area contributed by atoms with Gasteiger partial charge in [0.15, 0.2) is 0 Å². The molecule has 0 amide bonds. The van der Waals surface area contributed by atoms with E-state index in [9.17, 15) is 0 Å². The molecule has 0 spiro atoms. The zero-order valence-electron chi connectivity index (χ0n) is 4.72. The van der Waals surface area contributed by atoms with Crippen molar-refractivity contribution in [2.45, 2.75) is 19.8 Å². The van der Waals surface area contributed by atoms with Crippen molar-refractivity contribution in [3.05, 3.63) is 18.6 Å². The Kier molecular flexibility index (Phi) is 1.50. The third kappa shape index (κ3) is 1.34. The van der Waals surface area contributed by atoms with Gasteiger partial charge in [0.05, 0.1) is 0 Å². The molecule has 0 heteroatoms. The van der Waals surface area contributed by atoms with E-state index in [0.717, 1.165) is 5.92 Å². The Balaban J connectivity index is 2.36. The molecule has 0 saturated carbocycles. The van der Waals surface area contributed by atoms with Crippen molar-refractivity contribution in [3.63, 3.8) is 0 Å². The number of hydrogen-bond acceptors (Lipinski definition) is 0. The fourth-order valence-electron chi connectivity index (χ4n) is 0.845. The maximum absolute atomic E-state index is 2.35. The first-order valence-electron chi connectivity index (χ1n) is 2.89. The van der Waals surface area contributed by atoms with E-state index < -0.39 is 0 Å². The maximum atomic E-state index is 2.35. The summed E-state index contributed by atoms with van der Waals surface area (Å²) in [7, 11) is 0. The molecule has 0 nitrogen and oxygen atoms in total. The second-order valence-electron chi connectivity index (χ2n) is 2.10. The largest absolute Gasteiger partial charge is 0.0882 e. The van der Waals surface area contributed by atoms with Crippen LogP contribution in [0, 0.1) is 12.3 Å². The van der Waals surface area contributed by atoms with Crippen molar-refractivity contribution < 1.29 is 0 Å². The van der Waals surface area contributed by atoms with Crippen LogP contribution in [0.15, 0.2) is 12.2 Å². The van der Waals surface area contributed by atoms with Gasteiger partial charge in [-0.3, -0.25) is 0 Å². The lowest BCUT2D eigenvalue weighted by Crippen LogP contribution is -1.94. The molecule has 1 rings (SSSR count). The molecule has 0 fully saturated rings. The fraction of sp³-hybridized carbons (Fsp3) is 0.571. The van der Waals surface area contributed by atoms with Crippen molar-refractivity contribution >= 4 is 0 Å². The van der Waals surface area contributed by atoms with Gasteiger partial charge in [-0.2, -0.15) is 0 Å². The Morgan fingerprint density at radius 1 is 1.43 bits per heavy atom. The van der Waals surface area contributed by atoms with Gasteiger partial charge in [-0.05, 0) is 25.2 Å². The van der Waals surface area contributed by atoms with E-state index in [-0.39, 0.29) is 0 Å². The highest BCUT2D eigenvalue weighted by molar-refractivity contribution is 4.98. The first-order chi connectivity index (χ1) is 3.39. The minimum absolute atomic E-state index is 0.730. The molecule has 1 aliphatic carbocycles. The molecular weight excluding hydrogens is 84.1 g/mol. The average Bonchev–Trinajstić information content (AvgIpc) is 1.69. The lowest BCUT2D eigenvalue weighted by atomic mass is 9.98. The van der Waals surface area contributed by atoms with Crippen LogP contribution in [-0.4, -0.2) is 0 Å². The van der Waals surface area contributed by atoms with Gasteiger partial charge in [0.1, 0.15) is 0 Å². The summed E-state index contributed by atoms with van der Waals surface area (Å²) in [5, 5.41) is 0. The quantitative estimate of drug-likeness (QED) is 0.404. The van der Waals surface area contributed by atoms with Crippen LogP contribution in [0.5, 0.6) is 0 Å². The molecule has 0 bridgehead atoms. The van der Waals surface area contributed by atoms with E-state index in [2.05, 4.69) is 25.5 Å². The second-order valence-corrected chi connectivity index (χ2v) is 2.10. The third-order valence-electron chi connectivity index (χ3n) is 1.31. The zero-order valence-corrected chi connectivity index (χ0v) is 4.72. The van der Waals surface area contributed by atoms with Crippen LogP contribution in [-0.2, 0) is 0 Å². The van der Waals surface area contributed by atoms with E-state index in [0.29, 0.717) is 0 Å². The maximum Gasteiger partial charge on any atom is -0.0231 e. The summed E-state index contributed by atoms with van der Waals surface area (Å²) in [4.78, 5) is 0. The van der Waals surface area contributed by atoms with Crippen molar-refractivity contribution in [2.75, 3.05) is 0 Å². The molecule has 1 radical (unpaired) electrons. The highest BCUT2D eigenvalue weighted by Crippen LogP contribution is 2.13. The summed E-state index contributed by atoms with van der Waals surface area (Å²) in [6.07, 6.45) is 9.39. The predicted molar refractivity (Wildman–Crippen MR) is 31.8 cm³/mol. The van der Waals surface area contributed by atoms with Crippen LogP contribution < -0.4 is 0 Å². The number of hydrogen-bond donors (Lipinski definition) is 0. The lowest BCUT2D eigenvalue weighted by Gasteiger charge is -2.07. The van der Waals surface area contributed by atoms with Crippen LogP contribution in [0.3, 0.4) is 0 Å². The van der Waals surface area contributed by atoms with Crippen LogP contribution in [0.4, 0.5) is 0 Å². The SMILES string of the molecule is CC1[CH]CCC=C1. The molecule has 0 aliphatic heterocycles. The smallest absolute Gasteiger partial charge is 0.0231 e. The van der Waals surface area contributed by atoms with Gasteiger partial charge in [-0.1, -0.05) is 19.1 Å². The molecule has 0 saturated heterocycles. The molecule has 1 aliphatic rings. The molecule has 7 heavy (non-hydrogen) atoms. The van der Waals surface area contributed by atoms with Crippen molar-refractivity contribution in [3.8, 4) is 0 Å². The normalized spacial score (nSPS) is 30.7. The zero-order chi connectivity index (χ0) is 5.11. The van der Waals surface area contributed by atoms with Gasteiger partial charge in [0.2, 0.25) is 0 Å². The van der Waals surface area contributed by atoms with Gasteiger partial charge in [-0.25, -0.2) is 0 Å². The van der Waals surface area contributed by atoms with Gasteiger partial charge < -0.3 is 0 Å². The summed E-state index contributed by atoms with van der Waals surface area (Å²) >= 11 is 0. The van der Waals surface area contributed by atoms with E-state index in [1.165, 1.54) is 12.8 Å². The first-order valence-corrected chi connectivity index (χ1v) is 2.89. The minimum Gasteiger partial charge on any atom is -0.0882 e. The number of allylic oxidation sites excluding steroid dienone is 2. The van der Waals surface area contributed by atoms with Crippen LogP contribution in [0.1, 0.15) is 19.8 Å². The van der Waals surface area contributed by atoms with Gasteiger partial charge >= 0.3 is 0 Å². The second kappa shape index (κ2) is 2.15. The number of rotatable bonds is 0. The Morgan fingerprint density at radius 2 is 2.29 bits per heavy atom. The summed E-state index contributed by atoms with van der Waals surface area (Å²) in [5.74, 6) is 0.730. The summed E-state index contributed by atoms with van der Waals surface area (Å²) in [5.41, 5.74) is 0. The standard InChI is InChI=1S/C7H11/c1-7-5-3-2-4-6-7/h3,5-7H,2,4H2,1H3. The summed E-state index contributed by atoms with van der Waals surface area (Å²) < 4.78 is 0. The van der Waals surface area contributed by atoms with E-state index in [4.69, 9.17) is 0 Å². The summed E-state index contributed by atoms with van der Waals surface area (Å²) in [6, 6.07) is 0. The first kappa shape index (κ1) is 4.89. The molecule has 0 aromatic carbocycles. The van der Waals surface area contributed by atoms with Gasteiger partial charge in [0, 0.05) is 0 Å². The Labute approximate surface area is 45.2 Å². The van der Waals surface area contributed by atoms with Gasteiger partial charge in [0.25, 0.3) is 0 Å². The predicted octanol–water partition coefficient (Wildman–Crippen LogP) is 2.18. The summed E-state index contributed by atoms with van der Waals surface area (Å²) in [6.45, 7) is 2.22. The van der Waals surface area contributed by atoms with Crippen molar-refractivity contribution in [1.29, 1.82) is 0 Å². The molecule has 0 heterocycles. The monoisotopic (exact) mass is 95.1 g/mol. The average molecular weight is 95.2 g/mol. The van der Waals surface area contributed by atoms with Crippen LogP contribution in [0.25, 0.3) is 0 Å². The van der Waals surface area contributed by atoms with Crippen molar-refractivity contribution in [2.24, 2.45) is 5.92 Å². The van der Waals surface area contributed by atoms with E-state index in [1.54, 1.807) is 0 Å². The molecule has 0 aromatic heterocycles. The highest BCUT2D eigenvalue weighted by Gasteiger charge is 1.99. The Bertz CT molecular complexity index is 72.1. The molecule has 0 aromatic rings. The molecule has 1 atom stereocenters. The van der Waals surface area contributed by atoms with E-state index >= 15 is 0 Å². The van der Waals surface area contributed by atoms with Crippen LogP contribution >= 0.6 is 0 Å². The topological polar surface area (TPSA) is 0 Å². The molecule has 0 N–H and O–H groups in total. The highest BCUT2D eigenvalue weighted by atomic mass is 14.0. The van der Waals surface area contributed by atoms with Crippen molar-refractivity contribution in [1.82, 2.24) is 0 Å². The molecular formula is C7H11. The molecule has 39 valence electrons.